The van der Waals surface area contributed by atoms with Crippen molar-refractivity contribution in [1.82, 2.24) is 0 Å². The fourth-order valence-electron chi connectivity index (χ4n) is 2.45. The Balaban J connectivity index is 2.93. The molecule has 1 rings (SSSR count). The molecule has 1 heteroatoms. The first-order valence-electron chi connectivity index (χ1n) is 5.32. The molecule has 1 aliphatic carbocycles. The molecule has 0 aromatic carbocycles. The van der Waals surface area contributed by atoms with Crippen molar-refractivity contribution >= 4 is 5.78 Å². The molecule has 1 nitrogen and oxygen atoms in total. The third-order valence-electron chi connectivity index (χ3n) is 3.09. The van der Waals surface area contributed by atoms with Crippen molar-refractivity contribution in [1.29, 1.82) is 0 Å². The van der Waals surface area contributed by atoms with E-state index in [1.165, 1.54) is 0 Å². The van der Waals surface area contributed by atoms with Crippen LogP contribution in [-0.4, -0.2) is 5.78 Å². The molecule has 0 N–H and O–H groups in total. The molecule has 0 aliphatic heterocycles. The van der Waals surface area contributed by atoms with Gasteiger partial charge in [-0.15, -0.1) is 0 Å². The van der Waals surface area contributed by atoms with E-state index in [0.29, 0.717) is 5.92 Å². The summed E-state index contributed by atoms with van der Waals surface area (Å²) >= 11 is 0. The van der Waals surface area contributed by atoms with Crippen LogP contribution in [0.4, 0.5) is 0 Å². The van der Waals surface area contributed by atoms with Crippen molar-refractivity contribution < 1.29 is 4.79 Å². The Kier molecular flexibility index (Phi) is 3.30. The quantitative estimate of drug-likeness (QED) is 0.484. The second-order valence-corrected chi connectivity index (χ2v) is 4.86. The van der Waals surface area contributed by atoms with Crippen molar-refractivity contribution in [3.8, 4) is 0 Å². The smallest absolute Gasteiger partial charge is 0.159 e. The van der Waals surface area contributed by atoms with Crippen LogP contribution < -0.4 is 0 Å². The van der Waals surface area contributed by atoms with E-state index in [1.54, 1.807) is 6.08 Å². The topological polar surface area (TPSA) is 17.1 Å². The minimum absolute atomic E-state index is 0.102. The van der Waals surface area contributed by atoms with Gasteiger partial charge in [0.05, 0.1) is 0 Å². The first-order chi connectivity index (χ1) is 6.49. The van der Waals surface area contributed by atoms with Gasteiger partial charge in [0.2, 0.25) is 0 Å². The summed E-state index contributed by atoms with van der Waals surface area (Å²) < 4.78 is 0. The first kappa shape index (κ1) is 11.2. The summed E-state index contributed by atoms with van der Waals surface area (Å²) in [5.74, 6) is 0.778. The molecule has 0 aromatic rings. The minimum atomic E-state index is 0.102. The summed E-state index contributed by atoms with van der Waals surface area (Å²) in [6.07, 6.45) is 8.91. The van der Waals surface area contributed by atoms with Gasteiger partial charge in [-0.05, 0) is 30.8 Å². The number of rotatable bonds is 2. The van der Waals surface area contributed by atoms with Gasteiger partial charge in [0, 0.05) is 5.92 Å². The van der Waals surface area contributed by atoms with Crippen molar-refractivity contribution in [3.05, 3.63) is 24.3 Å². The lowest BCUT2D eigenvalue weighted by molar-refractivity contribution is -0.123. The predicted octanol–water partition coefficient (Wildman–Crippen LogP) is 3.37. The van der Waals surface area contributed by atoms with Crippen LogP contribution in [0.1, 0.15) is 34.1 Å². The average Bonchev–Trinajstić information content (AvgIpc) is 2.02. The summed E-state index contributed by atoms with van der Waals surface area (Å²) in [6.45, 7) is 8.38. The Bertz CT molecular complexity index is 271. The Morgan fingerprint density at radius 2 is 2.14 bits per heavy atom. The molecular formula is C13H20O. The van der Waals surface area contributed by atoms with Gasteiger partial charge in [0.15, 0.2) is 5.78 Å². The predicted molar refractivity (Wildman–Crippen MR) is 60.0 cm³/mol. The lowest BCUT2D eigenvalue weighted by Gasteiger charge is -2.38. The van der Waals surface area contributed by atoms with Crippen molar-refractivity contribution in [2.24, 2.45) is 17.3 Å². The lowest BCUT2D eigenvalue weighted by Crippen LogP contribution is -2.36. The summed E-state index contributed by atoms with van der Waals surface area (Å²) in [5, 5.41) is 0. The van der Waals surface area contributed by atoms with E-state index >= 15 is 0 Å². The van der Waals surface area contributed by atoms with E-state index in [2.05, 4.69) is 32.9 Å². The number of carbonyl (C=O) groups excluding carboxylic acids is 1. The van der Waals surface area contributed by atoms with E-state index in [0.717, 1.165) is 6.42 Å². The van der Waals surface area contributed by atoms with Gasteiger partial charge >= 0.3 is 0 Å². The number of hydrogen-bond donors (Lipinski definition) is 0. The Morgan fingerprint density at radius 1 is 1.50 bits per heavy atom. The summed E-state index contributed by atoms with van der Waals surface area (Å²) in [5.41, 5.74) is 0.102. The fraction of sp³-hybridized carbons (Fsp3) is 0.615. The fourth-order valence-corrected chi connectivity index (χ4v) is 2.45. The minimum Gasteiger partial charge on any atom is -0.295 e. The summed E-state index contributed by atoms with van der Waals surface area (Å²) in [6, 6.07) is 0. The zero-order valence-electron chi connectivity index (χ0n) is 9.58. The van der Waals surface area contributed by atoms with Crippen LogP contribution in [0.25, 0.3) is 0 Å². The maximum atomic E-state index is 11.9. The standard InChI is InChI=1S/C13H20O/c1-5-7-11(14)12-10(2)8-6-9-13(12,3)4/h5-8,10,12H,9H2,1-4H3/b7-5+/t10-,12?/m1/s1. The van der Waals surface area contributed by atoms with Gasteiger partial charge < -0.3 is 0 Å². The third kappa shape index (κ3) is 2.14. The van der Waals surface area contributed by atoms with Crippen LogP contribution in [-0.2, 0) is 4.79 Å². The number of carbonyl (C=O) groups is 1. The molecule has 78 valence electrons. The molecule has 0 heterocycles. The molecule has 0 amide bonds. The van der Waals surface area contributed by atoms with Gasteiger partial charge in [0.1, 0.15) is 0 Å². The van der Waals surface area contributed by atoms with Gasteiger partial charge in [-0.25, -0.2) is 0 Å². The van der Waals surface area contributed by atoms with E-state index in [1.807, 2.05) is 13.0 Å². The lowest BCUT2D eigenvalue weighted by atomic mass is 9.65. The molecule has 0 saturated carbocycles. The van der Waals surface area contributed by atoms with Crippen LogP contribution in [0.5, 0.6) is 0 Å². The highest BCUT2D eigenvalue weighted by Gasteiger charge is 2.38. The first-order valence-corrected chi connectivity index (χ1v) is 5.32. The molecule has 14 heavy (non-hydrogen) atoms. The number of ketones is 1. The van der Waals surface area contributed by atoms with Crippen molar-refractivity contribution in [2.45, 2.75) is 34.1 Å². The molecule has 1 unspecified atom stereocenters. The van der Waals surface area contributed by atoms with Gasteiger partial charge in [0.25, 0.3) is 0 Å². The largest absolute Gasteiger partial charge is 0.295 e. The van der Waals surface area contributed by atoms with Crippen LogP contribution in [0.3, 0.4) is 0 Å². The second-order valence-electron chi connectivity index (χ2n) is 4.86. The molecular weight excluding hydrogens is 172 g/mol. The summed E-state index contributed by atoms with van der Waals surface area (Å²) in [4.78, 5) is 11.9. The Morgan fingerprint density at radius 3 is 2.64 bits per heavy atom. The highest BCUT2D eigenvalue weighted by molar-refractivity contribution is 5.92. The molecule has 0 spiro atoms. The number of hydrogen-bond acceptors (Lipinski definition) is 1. The zero-order valence-corrected chi connectivity index (χ0v) is 9.58. The van der Waals surface area contributed by atoms with Crippen LogP contribution in [0, 0.1) is 17.3 Å². The van der Waals surface area contributed by atoms with Crippen LogP contribution in [0.2, 0.25) is 0 Å². The second kappa shape index (κ2) is 4.12. The molecule has 0 aromatic heterocycles. The zero-order chi connectivity index (χ0) is 10.8. The molecule has 0 fully saturated rings. The SMILES string of the molecule is C/C=C/C(=O)C1[C@H](C)C=CCC1(C)C. The van der Waals surface area contributed by atoms with Gasteiger partial charge in [-0.3, -0.25) is 4.79 Å². The van der Waals surface area contributed by atoms with Crippen LogP contribution >= 0.6 is 0 Å². The van der Waals surface area contributed by atoms with Gasteiger partial charge in [-0.1, -0.05) is 39.0 Å². The van der Waals surface area contributed by atoms with Gasteiger partial charge in [-0.2, -0.15) is 0 Å². The molecule has 0 saturated heterocycles. The van der Waals surface area contributed by atoms with E-state index in [4.69, 9.17) is 0 Å². The third-order valence-corrected chi connectivity index (χ3v) is 3.09. The maximum Gasteiger partial charge on any atom is 0.159 e. The van der Waals surface area contributed by atoms with E-state index in [-0.39, 0.29) is 17.1 Å². The highest BCUT2D eigenvalue weighted by atomic mass is 16.1. The molecule has 2 atom stereocenters. The molecule has 0 radical (unpaired) electrons. The Hall–Kier alpha value is -0.850. The van der Waals surface area contributed by atoms with E-state index in [9.17, 15) is 4.79 Å². The summed E-state index contributed by atoms with van der Waals surface area (Å²) in [7, 11) is 0. The Labute approximate surface area is 86.9 Å². The van der Waals surface area contributed by atoms with Crippen molar-refractivity contribution in [2.75, 3.05) is 0 Å². The normalized spacial score (nSPS) is 30.9. The van der Waals surface area contributed by atoms with Crippen LogP contribution in [0.15, 0.2) is 24.3 Å². The average molecular weight is 192 g/mol. The highest BCUT2D eigenvalue weighted by Crippen LogP contribution is 2.41. The maximum absolute atomic E-state index is 11.9. The number of allylic oxidation sites excluding steroid dienone is 4. The molecule has 0 bridgehead atoms. The van der Waals surface area contributed by atoms with Crippen molar-refractivity contribution in [3.63, 3.8) is 0 Å². The molecule has 1 aliphatic rings. The van der Waals surface area contributed by atoms with E-state index < -0.39 is 0 Å². The monoisotopic (exact) mass is 192 g/mol.